The predicted octanol–water partition coefficient (Wildman–Crippen LogP) is 4.49. The molecule has 0 amide bonds. The minimum Gasteiger partial charge on any atom is -0.496 e. The van der Waals surface area contributed by atoms with E-state index in [-0.39, 0.29) is 0 Å². The van der Waals surface area contributed by atoms with Crippen LogP contribution >= 0.6 is 0 Å². The molecule has 2 unspecified atom stereocenters. The van der Waals surface area contributed by atoms with E-state index in [9.17, 15) is 5.11 Å². The summed E-state index contributed by atoms with van der Waals surface area (Å²) in [5.41, 5.74) is 2.71. The molecule has 112 valence electrons. The van der Waals surface area contributed by atoms with E-state index in [1.807, 2.05) is 0 Å². The van der Waals surface area contributed by atoms with Gasteiger partial charge in [-0.1, -0.05) is 19.8 Å². The van der Waals surface area contributed by atoms with Gasteiger partial charge in [0.2, 0.25) is 0 Å². The van der Waals surface area contributed by atoms with Crippen LogP contribution in [0, 0.1) is 19.8 Å². The Labute approximate surface area is 123 Å². The summed E-state index contributed by atoms with van der Waals surface area (Å²) in [7, 11) is 1.70. The Morgan fingerprint density at radius 1 is 1.20 bits per heavy atom. The number of hydrogen-bond donors (Lipinski definition) is 1. The quantitative estimate of drug-likeness (QED) is 0.824. The molecule has 0 aliphatic heterocycles. The Balaban J connectivity index is 2.32. The van der Waals surface area contributed by atoms with Crippen molar-refractivity contribution in [3.8, 4) is 5.75 Å². The van der Waals surface area contributed by atoms with Gasteiger partial charge < -0.3 is 9.84 Å². The van der Waals surface area contributed by atoms with Crippen molar-refractivity contribution >= 4 is 0 Å². The molecular weight excluding hydrogens is 248 g/mol. The molecule has 1 aliphatic rings. The average Bonchev–Trinajstić information content (AvgIpc) is 2.63. The molecule has 0 heterocycles. The molecule has 2 nitrogen and oxygen atoms in total. The average molecular weight is 276 g/mol. The lowest BCUT2D eigenvalue weighted by Gasteiger charge is -2.30. The maximum atomic E-state index is 11.2. The summed E-state index contributed by atoms with van der Waals surface area (Å²) >= 11 is 0. The van der Waals surface area contributed by atoms with Crippen LogP contribution in [0.4, 0.5) is 0 Å². The number of aryl methyl sites for hydroxylation is 2. The number of benzene rings is 1. The van der Waals surface area contributed by atoms with Gasteiger partial charge in [-0.25, -0.2) is 0 Å². The van der Waals surface area contributed by atoms with Gasteiger partial charge in [0.1, 0.15) is 5.75 Å². The summed E-state index contributed by atoms with van der Waals surface area (Å²) in [5.74, 6) is 1.69. The fraction of sp³-hybridized carbons (Fsp3) is 0.667. The van der Waals surface area contributed by atoms with Gasteiger partial charge in [0.05, 0.1) is 12.7 Å². The van der Waals surface area contributed by atoms with E-state index < -0.39 is 5.60 Å². The molecule has 1 N–H and O–H groups in total. The molecule has 0 bridgehead atoms. The molecule has 1 saturated carbocycles. The third-order valence-corrected chi connectivity index (χ3v) is 4.99. The lowest BCUT2D eigenvalue weighted by Crippen LogP contribution is -2.26. The van der Waals surface area contributed by atoms with Crippen molar-refractivity contribution in [1.82, 2.24) is 0 Å². The van der Waals surface area contributed by atoms with Crippen molar-refractivity contribution in [2.24, 2.45) is 5.92 Å². The third kappa shape index (κ3) is 3.01. The minimum absolute atomic E-state index is 0.648. The summed E-state index contributed by atoms with van der Waals surface area (Å²) in [4.78, 5) is 0. The first-order chi connectivity index (χ1) is 9.50. The molecule has 0 saturated heterocycles. The summed E-state index contributed by atoms with van der Waals surface area (Å²) in [6.07, 6.45) is 6.52. The number of methoxy groups -OCH3 is 1. The van der Waals surface area contributed by atoms with Crippen molar-refractivity contribution < 1.29 is 9.84 Å². The van der Waals surface area contributed by atoms with Gasteiger partial charge >= 0.3 is 0 Å². The molecular formula is C18H28O2. The molecule has 1 fully saturated rings. The van der Waals surface area contributed by atoms with Gasteiger partial charge in [-0.05, 0) is 74.3 Å². The van der Waals surface area contributed by atoms with Gasteiger partial charge in [-0.3, -0.25) is 0 Å². The zero-order valence-electron chi connectivity index (χ0n) is 13.3. The Morgan fingerprint density at radius 3 is 2.60 bits per heavy atom. The van der Waals surface area contributed by atoms with Crippen LogP contribution in [0.15, 0.2) is 12.1 Å². The van der Waals surface area contributed by atoms with Crippen molar-refractivity contribution in [1.29, 1.82) is 0 Å². The second-order valence-corrected chi connectivity index (χ2v) is 6.37. The van der Waals surface area contributed by atoms with Crippen LogP contribution in [0.25, 0.3) is 0 Å². The topological polar surface area (TPSA) is 29.5 Å². The van der Waals surface area contributed by atoms with Gasteiger partial charge in [0, 0.05) is 0 Å². The highest BCUT2D eigenvalue weighted by Gasteiger charge is 2.33. The van der Waals surface area contributed by atoms with Crippen LogP contribution in [0.2, 0.25) is 0 Å². The number of hydrogen-bond acceptors (Lipinski definition) is 2. The van der Waals surface area contributed by atoms with E-state index in [1.165, 1.54) is 12.8 Å². The highest BCUT2D eigenvalue weighted by molar-refractivity contribution is 5.44. The maximum Gasteiger partial charge on any atom is 0.122 e. The third-order valence-electron chi connectivity index (χ3n) is 4.99. The molecule has 0 spiro atoms. The Hall–Kier alpha value is -1.02. The van der Waals surface area contributed by atoms with Crippen molar-refractivity contribution in [3.63, 3.8) is 0 Å². The largest absolute Gasteiger partial charge is 0.496 e. The monoisotopic (exact) mass is 276 g/mol. The number of aliphatic hydroxyl groups is 1. The second-order valence-electron chi connectivity index (χ2n) is 6.37. The normalized spacial score (nSPS) is 27.1. The SMILES string of the molecule is CCC1CCCC(O)(c2cc(C)c(OC)cc2C)CC1. The van der Waals surface area contributed by atoms with Crippen LogP contribution in [0.1, 0.15) is 62.1 Å². The highest BCUT2D eigenvalue weighted by atomic mass is 16.5. The smallest absolute Gasteiger partial charge is 0.122 e. The number of ether oxygens (including phenoxy) is 1. The molecule has 2 heteroatoms. The Morgan fingerprint density at radius 2 is 1.95 bits per heavy atom. The second kappa shape index (κ2) is 6.17. The van der Waals surface area contributed by atoms with Crippen LogP contribution in [0.3, 0.4) is 0 Å². The summed E-state index contributed by atoms with van der Waals surface area (Å²) in [6.45, 7) is 6.39. The van der Waals surface area contributed by atoms with Crippen molar-refractivity contribution in [2.75, 3.05) is 7.11 Å². The van der Waals surface area contributed by atoms with E-state index in [4.69, 9.17) is 4.74 Å². The molecule has 2 atom stereocenters. The van der Waals surface area contributed by atoms with Gasteiger partial charge in [-0.15, -0.1) is 0 Å². The molecule has 0 aromatic heterocycles. The summed E-state index contributed by atoms with van der Waals surface area (Å²) in [5, 5.41) is 11.2. The standard InChI is InChI=1S/C18H28O2/c1-5-15-7-6-9-18(19,10-8-15)16-11-14(3)17(20-4)12-13(16)2/h11-12,15,19H,5-10H2,1-4H3. The maximum absolute atomic E-state index is 11.2. The lowest BCUT2D eigenvalue weighted by molar-refractivity contribution is 0.0189. The fourth-order valence-corrected chi connectivity index (χ4v) is 3.58. The van der Waals surface area contributed by atoms with Gasteiger partial charge in [0.15, 0.2) is 0 Å². The summed E-state index contributed by atoms with van der Waals surface area (Å²) < 4.78 is 5.38. The fourth-order valence-electron chi connectivity index (χ4n) is 3.58. The molecule has 20 heavy (non-hydrogen) atoms. The summed E-state index contributed by atoms with van der Waals surface area (Å²) in [6, 6.07) is 4.19. The first-order valence-electron chi connectivity index (χ1n) is 7.88. The lowest BCUT2D eigenvalue weighted by atomic mass is 9.82. The predicted molar refractivity (Wildman–Crippen MR) is 83.2 cm³/mol. The molecule has 1 aliphatic carbocycles. The van der Waals surface area contributed by atoms with Crippen LogP contribution in [0.5, 0.6) is 5.75 Å². The molecule has 1 aromatic rings. The Bertz CT molecular complexity index is 467. The first-order valence-corrected chi connectivity index (χ1v) is 7.88. The van der Waals surface area contributed by atoms with Crippen LogP contribution < -0.4 is 4.74 Å². The van der Waals surface area contributed by atoms with Crippen molar-refractivity contribution in [2.45, 2.75) is 64.9 Å². The number of rotatable bonds is 3. The molecule has 0 radical (unpaired) electrons. The molecule has 1 aromatic carbocycles. The van der Waals surface area contributed by atoms with Gasteiger partial charge in [-0.2, -0.15) is 0 Å². The van der Waals surface area contributed by atoms with Crippen LogP contribution in [-0.4, -0.2) is 12.2 Å². The van der Waals surface area contributed by atoms with Gasteiger partial charge in [0.25, 0.3) is 0 Å². The van der Waals surface area contributed by atoms with E-state index in [1.54, 1.807) is 7.11 Å². The van der Waals surface area contributed by atoms with Crippen LogP contribution in [-0.2, 0) is 5.60 Å². The first kappa shape index (κ1) is 15.4. The zero-order chi connectivity index (χ0) is 14.8. The zero-order valence-corrected chi connectivity index (χ0v) is 13.3. The molecule has 2 rings (SSSR count). The van der Waals surface area contributed by atoms with E-state index >= 15 is 0 Å². The van der Waals surface area contributed by atoms with E-state index in [0.717, 1.165) is 54.0 Å². The minimum atomic E-state index is -0.648. The highest BCUT2D eigenvalue weighted by Crippen LogP contribution is 2.41. The van der Waals surface area contributed by atoms with E-state index in [0.29, 0.717) is 0 Å². The Kier molecular flexibility index (Phi) is 4.74. The van der Waals surface area contributed by atoms with E-state index in [2.05, 4.69) is 32.9 Å². The van der Waals surface area contributed by atoms with Crippen molar-refractivity contribution in [3.05, 3.63) is 28.8 Å².